The highest BCUT2D eigenvalue weighted by Crippen LogP contribution is 2.68. The molecule has 0 spiro atoms. The van der Waals surface area contributed by atoms with Crippen molar-refractivity contribution in [2.45, 2.75) is 78.0 Å². The highest BCUT2D eigenvalue weighted by Gasteiger charge is 2.68. The maximum atomic E-state index is 13.2. The molecule has 0 amide bonds. The Morgan fingerprint density at radius 3 is 2.52 bits per heavy atom. The van der Waals surface area contributed by atoms with Gasteiger partial charge in [-0.2, -0.15) is 0 Å². The Morgan fingerprint density at radius 1 is 1.19 bits per heavy atom. The van der Waals surface area contributed by atoms with Crippen LogP contribution < -0.4 is 0 Å². The molecule has 0 saturated heterocycles. The predicted octanol–water partition coefficient (Wildman–Crippen LogP) is 3.17. The van der Waals surface area contributed by atoms with E-state index in [0.717, 1.165) is 25.7 Å². The number of rotatable bonds is 5. The van der Waals surface area contributed by atoms with Crippen LogP contribution in [0.1, 0.15) is 59.8 Å². The number of hydrogen-bond donors (Lipinski definition) is 2. The van der Waals surface area contributed by atoms with Crippen LogP contribution >= 0.6 is 0 Å². The quantitative estimate of drug-likeness (QED) is 0.648. The molecule has 3 saturated carbocycles. The number of aliphatic hydroxyl groups excluding tert-OH is 1. The van der Waals surface area contributed by atoms with Crippen LogP contribution in [0.3, 0.4) is 0 Å². The molecule has 0 aromatic heterocycles. The zero-order valence-electron chi connectivity index (χ0n) is 19.3. The Morgan fingerprint density at radius 2 is 1.87 bits per heavy atom. The predicted molar refractivity (Wildman–Crippen MR) is 115 cm³/mol. The monoisotopic (exact) mass is 432 g/mol. The maximum Gasteiger partial charge on any atom is 0.220 e. The molecule has 4 aliphatic rings. The van der Waals surface area contributed by atoms with Crippen molar-refractivity contribution in [3.63, 3.8) is 0 Å². The van der Waals surface area contributed by atoms with Gasteiger partial charge >= 0.3 is 0 Å². The van der Waals surface area contributed by atoms with Gasteiger partial charge in [-0.05, 0) is 74.9 Å². The van der Waals surface area contributed by atoms with Crippen LogP contribution in [-0.4, -0.2) is 47.1 Å². The average Bonchev–Trinajstić information content (AvgIpc) is 3.02. The summed E-state index contributed by atoms with van der Waals surface area (Å²) in [4.78, 5) is 25.3. The van der Waals surface area contributed by atoms with E-state index >= 15 is 0 Å². The Kier molecular flexibility index (Phi) is 5.61. The van der Waals surface area contributed by atoms with Gasteiger partial charge in [0.15, 0.2) is 12.1 Å². The summed E-state index contributed by atoms with van der Waals surface area (Å²) < 4.78 is 11.6. The smallest absolute Gasteiger partial charge is 0.220 e. The minimum absolute atomic E-state index is 0.0720. The number of ketones is 2. The van der Waals surface area contributed by atoms with Crippen LogP contribution in [0.2, 0.25) is 0 Å². The molecule has 2 N–H and O–H groups in total. The van der Waals surface area contributed by atoms with Crippen LogP contribution in [0.25, 0.3) is 0 Å². The van der Waals surface area contributed by atoms with Gasteiger partial charge in [0.25, 0.3) is 0 Å². The lowest BCUT2D eigenvalue weighted by Crippen LogP contribution is -2.61. The van der Waals surface area contributed by atoms with E-state index in [-0.39, 0.29) is 23.0 Å². The van der Waals surface area contributed by atoms with Crippen molar-refractivity contribution in [3.8, 4) is 0 Å². The third-order valence-electron chi connectivity index (χ3n) is 9.33. The highest BCUT2D eigenvalue weighted by molar-refractivity contribution is 6.01. The van der Waals surface area contributed by atoms with Crippen molar-refractivity contribution in [3.05, 3.63) is 23.8 Å². The molecule has 0 aromatic rings. The van der Waals surface area contributed by atoms with Crippen molar-refractivity contribution in [1.29, 1.82) is 0 Å². The number of methoxy groups -OCH3 is 1. The molecule has 31 heavy (non-hydrogen) atoms. The van der Waals surface area contributed by atoms with Gasteiger partial charge in [0.2, 0.25) is 12.1 Å². The number of carbonyl (C=O) groups is 2. The molecule has 6 heteroatoms. The number of hydrogen-bond acceptors (Lipinski definition) is 6. The molecule has 0 heterocycles. The maximum absolute atomic E-state index is 13.2. The second-order valence-corrected chi connectivity index (χ2v) is 10.6. The largest absolute Gasteiger partial charge is 0.362 e. The van der Waals surface area contributed by atoms with Gasteiger partial charge in [0.1, 0.15) is 5.60 Å². The van der Waals surface area contributed by atoms with E-state index in [9.17, 15) is 19.8 Å². The summed E-state index contributed by atoms with van der Waals surface area (Å²) in [5.74, 6) is 0.699. The van der Waals surface area contributed by atoms with Crippen molar-refractivity contribution in [2.75, 3.05) is 7.11 Å². The molecule has 8 atom stereocenters. The molecule has 0 bridgehead atoms. The molecule has 4 rings (SSSR count). The Balaban J connectivity index is 1.74. The van der Waals surface area contributed by atoms with Gasteiger partial charge in [-0.1, -0.05) is 32.4 Å². The highest BCUT2D eigenvalue weighted by atomic mass is 16.7. The Labute approximate surface area is 184 Å². The van der Waals surface area contributed by atoms with Gasteiger partial charge in [-0.3, -0.25) is 9.59 Å². The molecule has 4 aliphatic carbocycles. The molecule has 0 aromatic carbocycles. The number of fused-ring (bicyclic) bond motifs is 5. The first-order valence-corrected chi connectivity index (χ1v) is 11.6. The summed E-state index contributed by atoms with van der Waals surface area (Å²) in [7, 11) is 1.53. The fourth-order valence-electron chi connectivity index (χ4n) is 7.81. The lowest BCUT2D eigenvalue weighted by atomic mass is 9.45. The van der Waals surface area contributed by atoms with Crippen LogP contribution in [0.15, 0.2) is 23.8 Å². The zero-order chi connectivity index (χ0) is 22.8. The van der Waals surface area contributed by atoms with Crippen molar-refractivity contribution in [2.24, 2.45) is 34.5 Å². The first-order valence-electron chi connectivity index (χ1n) is 11.6. The molecule has 3 fully saturated rings. The normalized spacial score (nSPS) is 45.0. The topological polar surface area (TPSA) is 93.1 Å². The average molecular weight is 433 g/mol. The SMILES string of the molecule is COC(C)O[C@]1(C(=O)C(O)O)CC[C@H]2[C@@H]3CC(C)C4=CC(=O)C=C[C@]4(C)[C@H]3CC[C@@]21C. The second-order valence-electron chi connectivity index (χ2n) is 10.6. The molecule has 0 aliphatic heterocycles. The van der Waals surface area contributed by atoms with Gasteiger partial charge in [0, 0.05) is 17.9 Å². The summed E-state index contributed by atoms with van der Waals surface area (Å²) in [5, 5.41) is 19.7. The van der Waals surface area contributed by atoms with Crippen LogP contribution in [0.4, 0.5) is 0 Å². The van der Waals surface area contributed by atoms with Gasteiger partial charge < -0.3 is 19.7 Å². The summed E-state index contributed by atoms with van der Waals surface area (Å²) in [6.07, 6.45) is 6.85. The van der Waals surface area contributed by atoms with Crippen molar-refractivity contribution < 1.29 is 29.3 Å². The van der Waals surface area contributed by atoms with E-state index in [2.05, 4.69) is 26.8 Å². The number of carbonyl (C=O) groups excluding carboxylic acids is 2. The molecule has 0 radical (unpaired) electrons. The minimum atomic E-state index is -2.07. The van der Waals surface area contributed by atoms with Crippen LogP contribution in [0.5, 0.6) is 0 Å². The fourth-order valence-corrected chi connectivity index (χ4v) is 7.81. The number of Topliss-reactive ketones (excluding diaryl/α,β-unsaturated/α-hetero) is 1. The molecule has 6 nitrogen and oxygen atoms in total. The first kappa shape index (κ1) is 22.8. The van der Waals surface area contributed by atoms with Gasteiger partial charge in [-0.25, -0.2) is 0 Å². The molecular formula is C25H36O6. The van der Waals surface area contributed by atoms with E-state index in [0.29, 0.717) is 18.3 Å². The number of ether oxygens (including phenoxy) is 2. The van der Waals surface area contributed by atoms with Crippen LogP contribution in [0, 0.1) is 34.5 Å². The Bertz CT molecular complexity index is 830. The lowest BCUT2D eigenvalue weighted by molar-refractivity contribution is -0.243. The van der Waals surface area contributed by atoms with E-state index < -0.39 is 29.4 Å². The standard InChI is InChI=1S/C25H36O6/c1-14-12-17-18(23(3)9-6-16(26)13-20(14)23)7-10-24(4)19(17)8-11-25(24,21(27)22(28)29)31-15(2)30-5/h6,9,13-15,17-19,22,28-29H,7-8,10-12H2,1-5H3/t14?,15?,17-,18+,19+,23-,24+,25+/m1/s1. The van der Waals surface area contributed by atoms with Crippen molar-refractivity contribution in [1.82, 2.24) is 0 Å². The summed E-state index contributed by atoms with van der Waals surface area (Å²) in [5.41, 5.74) is -0.692. The van der Waals surface area contributed by atoms with E-state index in [1.807, 2.05) is 6.08 Å². The van der Waals surface area contributed by atoms with Crippen LogP contribution in [-0.2, 0) is 19.1 Å². The third-order valence-corrected chi connectivity index (χ3v) is 9.33. The number of allylic oxidation sites excluding steroid dienone is 4. The van der Waals surface area contributed by atoms with E-state index in [1.54, 1.807) is 13.0 Å². The first-order chi connectivity index (χ1) is 14.5. The second kappa shape index (κ2) is 7.62. The number of aliphatic hydroxyl groups is 2. The third kappa shape index (κ3) is 3.13. The zero-order valence-corrected chi connectivity index (χ0v) is 19.3. The minimum Gasteiger partial charge on any atom is -0.362 e. The van der Waals surface area contributed by atoms with Gasteiger partial charge in [0.05, 0.1) is 0 Å². The van der Waals surface area contributed by atoms with E-state index in [1.165, 1.54) is 12.7 Å². The molecule has 2 unspecified atom stereocenters. The Hall–Kier alpha value is -1.34. The molecular weight excluding hydrogens is 396 g/mol. The van der Waals surface area contributed by atoms with Gasteiger partial charge in [-0.15, -0.1) is 0 Å². The molecule has 172 valence electrons. The fraction of sp³-hybridized carbons (Fsp3) is 0.760. The summed E-state index contributed by atoms with van der Waals surface area (Å²) >= 11 is 0. The van der Waals surface area contributed by atoms with Crippen molar-refractivity contribution >= 4 is 11.6 Å². The lowest BCUT2D eigenvalue weighted by Gasteiger charge is -2.60. The summed E-state index contributed by atoms with van der Waals surface area (Å²) in [6.45, 7) is 8.30. The summed E-state index contributed by atoms with van der Waals surface area (Å²) in [6, 6.07) is 0. The van der Waals surface area contributed by atoms with E-state index in [4.69, 9.17) is 9.47 Å².